The molecular weight excluding hydrogens is 145 g/mol. The van der Waals surface area contributed by atoms with Crippen molar-refractivity contribution in [2.45, 2.75) is 38.9 Å². The van der Waals surface area contributed by atoms with Crippen LogP contribution in [0.5, 0.6) is 0 Å². The number of hydrogen-bond donors (Lipinski definition) is 0. The highest BCUT2D eigenvalue weighted by molar-refractivity contribution is 5.83. The van der Waals surface area contributed by atoms with Crippen molar-refractivity contribution in [1.82, 2.24) is 4.90 Å². The molecular formula is C8H14FNO. The van der Waals surface area contributed by atoms with Crippen LogP contribution in [-0.2, 0) is 4.79 Å². The van der Waals surface area contributed by atoms with E-state index in [0.29, 0.717) is 13.0 Å². The second-order valence-corrected chi connectivity index (χ2v) is 3.92. The first-order chi connectivity index (χ1) is 4.93. The summed E-state index contributed by atoms with van der Waals surface area (Å²) in [5, 5.41) is 0. The fourth-order valence-corrected chi connectivity index (χ4v) is 1.31. The Morgan fingerprint density at radius 3 is 2.27 bits per heavy atom. The second-order valence-electron chi connectivity index (χ2n) is 3.92. The highest BCUT2D eigenvalue weighted by Gasteiger charge is 2.37. The Balaban J connectivity index is 2.70. The van der Waals surface area contributed by atoms with Gasteiger partial charge in [-0.2, -0.15) is 0 Å². The lowest BCUT2D eigenvalue weighted by molar-refractivity contribution is -0.135. The third-order valence-electron chi connectivity index (χ3n) is 1.95. The summed E-state index contributed by atoms with van der Waals surface area (Å²) >= 11 is 0. The van der Waals surface area contributed by atoms with E-state index >= 15 is 0 Å². The summed E-state index contributed by atoms with van der Waals surface area (Å²) in [5.41, 5.74) is -0.224. The molecule has 1 amide bonds. The van der Waals surface area contributed by atoms with Gasteiger partial charge in [0.25, 0.3) is 5.91 Å². The molecule has 3 heteroatoms. The van der Waals surface area contributed by atoms with E-state index in [0.717, 1.165) is 0 Å². The first kappa shape index (κ1) is 8.50. The third-order valence-corrected chi connectivity index (χ3v) is 1.95. The lowest BCUT2D eigenvalue weighted by Gasteiger charge is -2.31. The quantitative estimate of drug-likeness (QED) is 0.522. The third kappa shape index (κ3) is 1.52. The van der Waals surface area contributed by atoms with E-state index in [9.17, 15) is 9.18 Å². The van der Waals surface area contributed by atoms with E-state index in [1.807, 2.05) is 20.8 Å². The topological polar surface area (TPSA) is 20.3 Å². The lowest BCUT2D eigenvalue weighted by Crippen LogP contribution is -2.43. The Bertz CT molecular complexity index is 173. The molecule has 11 heavy (non-hydrogen) atoms. The van der Waals surface area contributed by atoms with Crippen molar-refractivity contribution in [2.24, 2.45) is 0 Å². The average Bonchev–Trinajstić information content (AvgIpc) is 2.11. The van der Waals surface area contributed by atoms with Gasteiger partial charge < -0.3 is 4.90 Å². The fraction of sp³-hybridized carbons (Fsp3) is 0.875. The number of nitrogens with zero attached hydrogens (tertiary/aromatic N) is 1. The molecule has 0 bridgehead atoms. The van der Waals surface area contributed by atoms with Crippen molar-refractivity contribution in [3.63, 3.8) is 0 Å². The van der Waals surface area contributed by atoms with Gasteiger partial charge in [0.05, 0.1) is 0 Å². The van der Waals surface area contributed by atoms with Gasteiger partial charge in [-0.25, -0.2) is 4.39 Å². The second kappa shape index (κ2) is 2.47. The van der Waals surface area contributed by atoms with Crippen LogP contribution in [0.4, 0.5) is 4.39 Å². The molecule has 0 N–H and O–H groups in total. The van der Waals surface area contributed by atoms with Crippen molar-refractivity contribution < 1.29 is 9.18 Å². The molecule has 1 rings (SSSR count). The standard InChI is InChI=1S/C8H14FNO/c1-8(2,3)10-5-4-6(9)7(10)11/h6H,4-5H2,1-3H3/t6-/m1/s1. The van der Waals surface area contributed by atoms with Crippen LogP contribution in [0.15, 0.2) is 0 Å². The molecule has 64 valence electrons. The van der Waals surface area contributed by atoms with Crippen LogP contribution < -0.4 is 0 Å². The number of hydrogen-bond acceptors (Lipinski definition) is 1. The number of halogens is 1. The van der Waals surface area contributed by atoms with Gasteiger partial charge in [0.15, 0.2) is 6.17 Å². The van der Waals surface area contributed by atoms with E-state index in [-0.39, 0.29) is 11.4 Å². The summed E-state index contributed by atoms with van der Waals surface area (Å²) in [7, 11) is 0. The van der Waals surface area contributed by atoms with Gasteiger partial charge in [0, 0.05) is 18.5 Å². The van der Waals surface area contributed by atoms with Crippen molar-refractivity contribution in [2.75, 3.05) is 6.54 Å². The molecule has 0 aromatic rings. The molecule has 0 aliphatic carbocycles. The van der Waals surface area contributed by atoms with Crippen LogP contribution in [0.2, 0.25) is 0 Å². The number of amides is 1. The highest BCUT2D eigenvalue weighted by atomic mass is 19.1. The summed E-state index contributed by atoms with van der Waals surface area (Å²) in [4.78, 5) is 12.7. The molecule has 0 unspecified atom stereocenters. The summed E-state index contributed by atoms with van der Waals surface area (Å²) in [6.07, 6.45) is -0.898. The van der Waals surface area contributed by atoms with Crippen LogP contribution in [0, 0.1) is 0 Å². The van der Waals surface area contributed by atoms with Crippen LogP contribution in [-0.4, -0.2) is 29.1 Å². The maximum absolute atomic E-state index is 12.7. The maximum atomic E-state index is 12.7. The molecule has 0 radical (unpaired) electrons. The average molecular weight is 159 g/mol. The molecule has 2 nitrogen and oxygen atoms in total. The molecule has 0 aromatic carbocycles. The lowest BCUT2D eigenvalue weighted by atomic mass is 10.1. The minimum absolute atomic E-state index is 0.224. The van der Waals surface area contributed by atoms with E-state index in [1.54, 1.807) is 4.90 Å². The largest absolute Gasteiger partial charge is 0.335 e. The van der Waals surface area contributed by atoms with Crippen molar-refractivity contribution in [1.29, 1.82) is 0 Å². The Morgan fingerprint density at radius 1 is 1.55 bits per heavy atom. The summed E-state index contributed by atoms with van der Waals surface area (Å²) in [5.74, 6) is -0.350. The van der Waals surface area contributed by atoms with Gasteiger partial charge >= 0.3 is 0 Å². The number of rotatable bonds is 0. The van der Waals surface area contributed by atoms with Crippen LogP contribution in [0.1, 0.15) is 27.2 Å². The Labute approximate surface area is 66.4 Å². The van der Waals surface area contributed by atoms with Gasteiger partial charge in [0.1, 0.15) is 0 Å². The Hall–Kier alpha value is -0.600. The normalized spacial score (nSPS) is 26.4. The van der Waals surface area contributed by atoms with Crippen LogP contribution in [0.3, 0.4) is 0 Å². The monoisotopic (exact) mass is 159 g/mol. The Kier molecular flexibility index (Phi) is 1.90. The van der Waals surface area contributed by atoms with Crippen LogP contribution >= 0.6 is 0 Å². The first-order valence-electron chi connectivity index (χ1n) is 3.88. The summed E-state index contributed by atoms with van der Waals surface area (Å²) < 4.78 is 12.7. The van der Waals surface area contributed by atoms with Crippen molar-refractivity contribution in [3.05, 3.63) is 0 Å². The minimum atomic E-state index is -1.26. The van der Waals surface area contributed by atoms with E-state index in [1.165, 1.54) is 0 Å². The zero-order valence-corrected chi connectivity index (χ0v) is 7.22. The number of alkyl halides is 1. The van der Waals surface area contributed by atoms with Gasteiger partial charge in [-0.1, -0.05) is 0 Å². The zero-order chi connectivity index (χ0) is 8.65. The van der Waals surface area contributed by atoms with Gasteiger partial charge in [-0.15, -0.1) is 0 Å². The van der Waals surface area contributed by atoms with Crippen LogP contribution in [0.25, 0.3) is 0 Å². The zero-order valence-electron chi connectivity index (χ0n) is 7.22. The molecule has 1 aliphatic rings. The fourth-order valence-electron chi connectivity index (χ4n) is 1.31. The summed E-state index contributed by atoms with van der Waals surface area (Å²) in [6.45, 7) is 6.32. The van der Waals surface area contributed by atoms with Gasteiger partial charge in [0.2, 0.25) is 0 Å². The molecule has 1 fully saturated rings. The van der Waals surface area contributed by atoms with E-state index < -0.39 is 6.17 Å². The van der Waals surface area contributed by atoms with E-state index in [4.69, 9.17) is 0 Å². The molecule has 0 spiro atoms. The maximum Gasteiger partial charge on any atom is 0.257 e. The molecule has 0 saturated carbocycles. The molecule has 1 aliphatic heterocycles. The predicted octanol–water partition coefficient (Wildman–Crippen LogP) is 1.36. The van der Waals surface area contributed by atoms with Crippen molar-refractivity contribution in [3.8, 4) is 0 Å². The minimum Gasteiger partial charge on any atom is -0.335 e. The molecule has 1 atom stereocenters. The predicted molar refractivity (Wildman–Crippen MR) is 41.0 cm³/mol. The molecule has 0 aromatic heterocycles. The number of likely N-dealkylation sites (tertiary alicyclic amines) is 1. The van der Waals surface area contributed by atoms with Gasteiger partial charge in [-0.3, -0.25) is 4.79 Å². The van der Waals surface area contributed by atoms with Gasteiger partial charge in [-0.05, 0) is 20.8 Å². The smallest absolute Gasteiger partial charge is 0.257 e. The SMILES string of the molecule is CC(C)(C)N1CC[C@@H](F)C1=O. The first-order valence-corrected chi connectivity index (χ1v) is 3.88. The highest BCUT2D eigenvalue weighted by Crippen LogP contribution is 2.23. The Morgan fingerprint density at radius 2 is 2.09 bits per heavy atom. The summed E-state index contributed by atoms with van der Waals surface area (Å²) in [6, 6.07) is 0. The number of carbonyl (C=O) groups excluding carboxylic acids is 1. The van der Waals surface area contributed by atoms with Crippen molar-refractivity contribution >= 4 is 5.91 Å². The number of carbonyl (C=O) groups is 1. The molecule has 1 saturated heterocycles. The van der Waals surface area contributed by atoms with E-state index in [2.05, 4.69) is 0 Å². The molecule has 1 heterocycles.